The molecule has 1 aliphatic heterocycles. The lowest BCUT2D eigenvalue weighted by atomic mass is 10.3. The molecule has 0 saturated heterocycles. The number of aromatic nitrogens is 2. The minimum Gasteiger partial charge on any atom is -0.395 e. The first-order chi connectivity index (χ1) is 6.93. The summed E-state index contributed by atoms with van der Waals surface area (Å²) in [6.45, 7) is 0.659. The van der Waals surface area contributed by atoms with Crippen molar-refractivity contribution < 1.29 is 4.84 Å². The van der Waals surface area contributed by atoms with Crippen LogP contribution in [0.25, 0.3) is 11.0 Å². The minimum absolute atomic E-state index is 0.659. The Morgan fingerprint density at radius 3 is 3.00 bits per heavy atom. The van der Waals surface area contributed by atoms with Gasteiger partial charge in [0.1, 0.15) is 12.3 Å². The number of hydrogen-bond acceptors (Lipinski definition) is 3. The first-order valence-corrected chi connectivity index (χ1v) is 4.57. The van der Waals surface area contributed by atoms with E-state index in [0.717, 1.165) is 29.0 Å². The summed E-state index contributed by atoms with van der Waals surface area (Å²) in [7, 11) is 0. The average Bonchev–Trinajstić information content (AvgIpc) is 2.86. The van der Waals surface area contributed by atoms with Crippen molar-refractivity contribution in [3.63, 3.8) is 0 Å². The van der Waals surface area contributed by atoms with Crippen LogP contribution in [0.2, 0.25) is 0 Å². The van der Waals surface area contributed by atoms with E-state index in [1.54, 1.807) is 0 Å². The first-order valence-electron chi connectivity index (χ1n) is 4.57. The average molecular weight is 187 g/mol. The summed E-state index contributed by atoms with van der Waals surface area (Å²) >= 11 is 0. The molecule has 1 aromatic heterocycles. The van der Waals surface area contributed by atoms with E-state index in [1.165, 1.54) is 0 Å². The Balaban J connectivity index is 2.14. The highest BCUT2D eigenvalue weighted by Gasteiger charge is 2.14. The standard InChI is InChI=1S/C10H9N3O/c1-2-4-8-7(3-1)11-10(12-8)9-5-6-14-13-9/h1-4H,5-6H2,(H,11,12). The molecule has 70 valence electrons. The van der Waals surface area contributed by atoms with E-state index in [4.69, 9.17) is 4.84 Å². The van der Waals surface area contributed by atoms with Crippen LogP contribution in [0.15, 0.2) is 29.4 Å². The molecule has 3 rings (SSSR count). The number of H-pyrrole nitrogens is 1. The number of imidazole rings is 1. The Labute approximate surface area is 80.6 Å². The lowest BCUT2D eigenvalue weighted by molar-refractivity contribution is 0.174. The van der Waals surface area contributed by atoms with Crippen molar-refractivity contribution in [2.75, 3.05) is 6.61 Å². The number of rotatable bonds is 1. The van der Waals surface area contributed by atoms with Crippen molar-refractivity contribution in [2.45, 2.75) is 6.42 Å². The molecule has 0 spiro atoms. The molecule has 0 unspecified atom stereocenters. The first kappa shape index (κ1) is 7.55. The minimum atomic E-state index is 0.659. The number of hydrogen-bond donors (Lipinski definition) is 1. The second kappa shape index (κ2) is 2.83. The molecule has 0 radical (unpaired) electrons. The molecule has 0 bridgehead atoms. The molecule has 0 atom stereocenters. The highest BCUT2D eigenvalue weighted by Crippen LogP contribution is 2.14. The second-order valence-electron chi connectivity index (χ2n) is 3.22. The van der Waals surface area contributed by atoms with E-state index >= 15 is 0 Å². The van der Waals surface area contributed by atoms with Gasteiger partial charge in [0.15, 0.2) is 5.82 Å². The number of aromatic amines is 1. The Kier molecular flexibility index (Phi) is 1.53. The van der Waals surface area contributed by atoms with Crippen molar-refractivity contribution in [3.05, 3.63) is 30.1 Å². The van der Waals surface area contributed by atoms with E-state index in [2.05, 4.69) is 15.1 Å². The van der Waals surface area contributed by atoms with Crippen LogP contribution in [-0.4, -0.2) is 22.3 Å². The molecule has 1 aliphatic rings. The molecule has 4 heteroatoms. The predicted molar refractivity (Wildman–Crippen MR) is 53.2 cm³/mol. The van der Waals surface area contributed by atoms with Crippen LogP contribution in [0.5, 0.6) is 0 Å². The largest absolute Gasteiger partial charge is 0.395 e. The monoisotopic (exact) mass is 187 g/mol. The Morgan fingerprint density at radius 1 is 1.29 bits per heavy atom. The van der Waals surface area contributed by atoms with Crippen LogP contribution in [-0.2, 0) is 4.84 Å². The molecule has 0 aliphatic carbocycles. The maximum absolute atomic E-state index is 4.94. The maximum Gasteiger partial charge on any atom is 0.156 e. The summed E-state index contributed by atoms with van der Waals surface area (Å²) in [5.74, 6) is 0.823. The topological polar surface area (TPSA) is 50.3 Å². The molecule has 0 amide bonds. The molecule has 4 nitrogen and oxygen atoms in total. The summed E-state index contributed by atoms with van der Waals surface area (Å²) < 4.78 is 0. The zero-order chi connectivity index (χ0) is 9.38. The highest BCUT2D eigenvalue weighted by atomic mass is 16.6. The van der Waals surface area contributed by atoms with Crippen LogP contribution in [0.4, 0.5) is 0 Å². The molecule has 0 fully saturated rings. The van der Waals surface area contributed by atoms with Gasteiger partial charge in [-0.25, -0.2) is 4.98 Å². The van der Waals surface area contributed by atoms with E-state index in [9.17, 15) is 0 Å². The summed E-state index contributed by atoms with van der Waals surface area (Å²) in [5, 5.41) is 3.92. The van der Waals surface area contributed by atoms with Crippen molar-refractivity contribution >= 4 is 16.7 Å². The van der Waals surface area contributed by atoms with Gasteiger partial charge in [0.25, 0.3) is 0 Å². The van der Waals surface area contributed by atoms with Crippen LogP contribution in [0, 0.1) is 0 Å². The van der Waals surface area contributed by atoms with E-state index in [0.29, 0.717) is 6.61 Å². The van der Waals surface area contributed by atoms with Crippen LogP contribution >= 0.6 is 0 Å². The van der Waals surface area contributed by atoms with Gasteiger partial charge in [0.05, 0.1) is 11.0 Å². The molecule has 14 heavy (non-hydrogen) atoms. The number of benzene rings is 1. The molecule has 2 aromatic rings. The lowest BCUT2D eigenvalue weighted by Crippen LogP contribution is -1.99. The second-order valence-corrected chi connectivity index (χ2v) is 3.22. The number of fused-ring (bicyclic) bond motifs is 1. The van der Waals surface area contributed by atoms with Crippen molar-refractivity contribution in [1.82, 2.24) is 9.97 Å². The van der Waals surface area contributed by atoms with Crippen LogP contribution in [0.1, 0.15) is 12.2 Å². The van der Waals surface area contributed by atoms with Gasteiger partial charge in [-0.15, -0.1) is 0 Å². The fourth-order valence-electron chi connectivity index (χ4n) is 1.56. The van der Waals surface area contributed by atoms with Gasteiger partial charge in [0, 0.05) is 6.42 Å². The summed E-state index contributed by atoms with van der Waals surface area (Å²) in [4.78, 5) is 12.6. The quantitative estimate of drug-likeness (QED) is 0.738. The number of nitrogens with zero attached hydrogens (tertiary/aromatic N) is 2. The molecular weight excluding hydrogens is 178 g/mol. The Morgan fingerprint density at radius 2 is 2.21 bits per heavy atom. The van der Waals surface area contributed by atoms with Crippen molar-refractivity contribution in [2.24, 2.45) is 5.16 Å². The molecule has 0 saturated carbocycles. The number of nitrogens with one attached hydrogen (secondary N) is 1. The summed E-state index contributed by atoms with van der Waals surface area (Å²) in [6.07, 6.45) is 0.833. The Bertz CT molecular complexity index is 468. The van der Waals surface area contributed by atoms with Crippen LogP contribution in [0.3, 0.4) is 0 Å². The van der Waals surface area contributed by atoms with Gasteiger partial charge in [0.2, 0.25) is 0 Å². The summed E-state index contributed by atoms with van der Waals surface area (Å²) in [6, 6.07) is 7.94. The molecule has 1 aromatic carbocycles. The lowest BCUT2D eigenvalue weighted by Gasteiger charge is -1.87. The highest BCUT2D eigenvalue weighted by molar-refractivity contribution is 6.00. The van der Waals surface area contributed by atoms with Gasteiger partial charge in [-0.1, -0.05) is 17.3 Å². The molecule has 1 N–H and O–H groups in total. The van der Waals surface area contributed by atoms with Gasteiger partial charge < -0.3 is 9.82 Å². The maximum atomic E-state index is 4.94. The third-order valence-electron chi connectivity index (χ3n) is 2.27. The van der Waals surface area contributed by atoms with Crippen molar-refractivity contribution in [1.29, 1.82) is 0 Å². The fraction of sp³-hybridized carbons (Fsp3) is 0.200. The fourth-order valence-corrected chi connectivity index (χ4v) is 1.56. The number of oxime groups is 1. The summed E-state index contributed by atoms with van der Waals surface area (Å²) in [5.41, 5.74) is 2.91. The molecule has 2 heterocycles. The number of para-hydroxylation sites is 2. The van der Waals surface area contributed by atoms with Gasteiger partial charge in [-0.3, -0.25) is 0 Å². The zero-order valence-corrected chi connectivity index (χ0v) is 7.53. The zero-order valence-electron chi connectivity index (χ0n) is 7.53. The van der Waals surface area contributed by atoms with Crippen LogP contribution < -0.4 is 0 Å². The smallest absolute Gasteiger partial charge is 0.156 e. The third kappa shape index (κ3) is 1.08. The van der Waals surface area contributed by atoms with Gasteiger partial charge >= 0.3 is 0 Å². The van der Waals surface area contributed by atoms with Gasteiger partial charge in [-0.2, -0.15) is 0 Å². The third-order valence-corrected chi connectivity index (χ3v) is 2.27. The van der Waals surface area contributed by atoms with E-state index in [-0.39, 0.29) is 0 Å². The van der Waals surface area contributed by atoms with E-state index in [1.807, 2.05) is 24.3 Å². The molecular formula is C10H9N3O. The normalized spacial score (nSPS) is 15.6. The van der Waals surface area contributed by atoms with E-state index < -0.39 is 0 Å². The van der Waals surface area contributed by atoms with Crippen molar-refractivity contribution in [3.8, 4) is 0 Å². The SMILES string of the molecule is c1ccc2[nH]c(C3=NOCC3)nc2c1. The predicted octanol–water partition coefficient (Wildman–Crippen LogP) is 1.69. The Hall–Kier alpha value is -1.84. The van der Waals surface area contributed by atoms with Gasteiger partial charge in [-0.05, 0) is 12.1 Å².